The summed E-state index contributed by atoms with van der Waals surface area (Å²) in [6, 6.07) is 13.5. The Bertz CT molecular complexity index is 584. The highest BCUT2D eigenvalue weighted by Gasteiger charge is 2.31. The second kappa shape index (κ2) is 6.28. The van der Waals surface area contributed by atoms with Crippen LogP contribution in [0.4, 0.5) is 13.2 Å². The van der Waals surface area contributed by atoms with Gasteiger partial charge in [-0.15, -0.1) is 0 Å². The van der Waals surface area contributed by atoms with E-state index in [1.807, 2.05) is 30.3 Å². The van der Waals surface area contributed by atoms with E-state index in [1.54, 1.807) is 6.07 Å². The molecule has 0 amide bonds. The monoisotopic (exact) mass is 295 g/mol. The highest BCUT2D eigenvalue weighted by Crippen LogP contribution is 2.34. The molecule has 2 rings (SSSR count). The third kappa shape index (κ3) is 3.62. The van der Waals surface area contributed by atoms with Gasteiger partial charge in [-0.05, 0) is 23.3 Å². The Balaban J connectivity index is 2.32. The molecule has 0 saturated carbocycles. The van der Waals surface area contributed by atoms with Gasteiger partial charge in [0.25, 0.3) is 0 Å². The van der Waals surface area contributed by atoms with Gasteiger partial charge in [-0.2, -0.15) is 13.2 Å². The maximum Gasteiger partial charge on any atom is 0.416 e. The fraction of sp³-hybridized carbons (Fsp3) is 0.250. The van der Waals surface area contributed by atoms with Crippen LogP contribution in [0.1, 0.15) is 28.8 Å². The number of nitrogens with two attached hydrogens (primary N) is 1. The third-order valence-electron chi connectivity index (χ3n) is 3.31. The highest BCUT2D eigenvalue weighted by atomic mass is 19.4. The molecular weight excluding hydrogens is 279 g/mol. The van der Waals surface area contributed by atoms with E-state index >= 15 is 0 Å². The maximum atomic E-state index is 12.8. The minimum atomic E-state index is -4.38. The highest BCUT2D eigenvalue weighted by molar-refractivity contribution is 5.31. The fourth-order valence-electron chi connectivity index (χ4n) is 2.23. The molecule has 0 aliphatic carbocycles. The molecule has 0 aromatic heterocycles. The molecule has 2 nitrogen and oxygen atoms in total. The van der Waals surface area contributed by atoms with Crippen LogP contribution in [-0.2, 0) is 10.9 Å². The van der Waals surface area contributed by atoms with Crippen molar-refractivity contribution in [2.45, 2.75) is 18.3 Å². The average molecular weight is 295 g/mol. The maximum absolute atomic E-state index is 12.8. The van der Waals surface area contributed by atoms with Crippen molar-refractivity contribution in [3.63, 3.8) is 0 Å². The van der Waals surface area contributed by atoms with E-state index in [0.717, 1.165) is 17.7 Å². The molecular formula is C16H16F3NO. The van der Waals surface area contributed by atoms with Gasteiger partial charge in [0.15, 0.2) is 0 Å². The molecule has 0 heterocycles. The van der Waals surface area contributed by atoms with Crippen LogP contribution in [-0.4, -0.2) is 7.11 Å². The molecule has 0 saturated heterocycles. The molecule has 2 atom stereocenters. The summed E-state index contributed by atoms with van der Waals surface area (Å²) in [5.41, 5.74) is 6.61. The second-order valence-corrected chi connectivity index (χ2v) is 4.72. The van der Waals surface area contributed by atoms with Gasteiger partial charge in [0.1, 0.15) is 6.10 Å². The lowest BCUT2D eigenvalue weighted by Gasteiger charge is -2.24. The quantitative estimate of drug-likeness (QED) is 0.922. The van der Waals surface area contributed by atoms with Crippen LogP contribution in [0.2, 0.25) is 0 Å². The molecule has 21 heavy (non-hydrogen) atoms. The van der Waals surface area contributed by atoms with E-state index in [9.17, 15) is 13.2 Å². The Hall–Kier alpha value is -1.85. The molecule has 2 aromatic rings. The number of hydrogen-bond acceptors (Lipinski definition) is 2. The lowest BCUT2D eigenvalue weighted by molar-refractivity contribution is -0.137. The van der Waals surface area contributed by atoms with Crippen LogP contribution in [0.25, 0.3) is 0 Å². The smallest absolute Gasteiger partial charge is 0.375 e. The first kappa shape index (κ1) is 15.5. The van der Waals surface area contributed by atoms with Crippen molar-refractivity contribution in [3.8, 4) is 0 Å². The number of methoxy groups -OCH3 is 1. The number of ether oxygens (including phenoxy) is 1. The Labute approximate surface area is 121 Å². The number of halogens is 3. The normalized spacial score (nSPS) is 14.7. The molecule has 0 aliphatic heterocycles. The standard InChI is InChI=1S/C16H16F3NO/c1-21-15(11-6-3-2-4-7-11)14(20)12-8-5-9-13(10-12)16(17,18)19/h2-10,14-15H,20H2,1H3. The summed E-state index contributed by atoms with van der Waals surface area (Å²) in [5, 5.41) is 0. The lowest BCUT2D eigenvalue weighted by atomic mass is 9.95. The molecule has 0 spiro atoms. The van der Waals surface area contributed by atoms with E-state index in [4.69, 9.17) is 10.5 Å². The molecule has 0 fully saturated rings. The fourth-order valence-corrected chi connectivity index (χ4v) is 2.23. The minimum absolute atomic E-state index is 0.389. The Morgan fingerprint density at radius 3 is 2.14 bits per heavy atom. The van der Waals surface area contributed by atoms with E-state index in [2.05, 4.69) is 0 Å². The molecule has 112 valence electrons. The third-order valence-corrected chi connectivity index (χ3v) is 3.31. The average Bonchev–Trinajstić information content (AvgIpc) is 2.48. The molecule has 5 heteroatoms. The summed E-state index contributed by atoms with van der Waals surface area (Å²) < 4.78 is 43.7. The van der Waals surface area contributed by atoms with Crippen LogP contribution >= 0.6 is 0 Å². The van der Waals surface area contributed by atoms with Crippen molar-refractivity contribution in [2.24, 2.45) is 5.73 Å². The van der Waals surface area contributed by atoms with Crippen molar-refractivity contribution in [1.29, 1.82) is 0 Å². The predicted molar refractivity (Wildman–Crippen MR) is 74.6 cm³/mol. The zero-order chi connectivity index (χ0) is 15.5. The zero-order valence-electron chi connectivity index (χ0n) is 11.5. The van der Waals surface area contributed by atoms with Crippen LogP contribution in [0, 0.1) is 0 Å². The van der Waals surface area contributed by atoms with E-state index < -0.39 is 23.9 Å². The van der Waals surface area contributed by atoms with Crippen molar-refractivity contribution in [3.05, 3.63) is 71.3 Å². The van der Waals surface area contributed by atoms with Crippen molar-refractivity contribution >= 4 is 0 Å². The summed E-state index contributed by atoms with van der Waals surface area (Å²) >= 11 is 0. The van der Waals surface area contributed by atoms with Crippen molar-refractivity contribution < 1.29 is 17.9 Å². The summed E-state index contributed by atoms with van der Waals surface area (Å²) in [6.07, 6.45) is -4.89. The van der Waals surface area contributed by atoms with Gasteiger partial charge < -0.3 is 10.5 Å². The Morgan fingerprint density at radius 2 is 1.57 bits per heavy atom. The molecule has 0 bridgehead atoms. The first-order valence-corrected chi connectivity index (χ1v) is 6.44. The topological polar surface area (TPSA) is 35.2 Å². The van der Waals surface area contributed by atoms with Gasteiger partial charge in [-0.1, -0.05) is 42.5 Å². The van der Waals surface area contributed by atoms with E-state index in [1.165, 1.54) is 13.2 Å². The minimum Gasteiger partial charge on any atom is -0.375 e. The van der Waals surface area contributed by atoms with Gasteiger partial charge in [0.05, 0.1) is 11.6 Å². The van der Waals surface area contributed by atoms with Crippen LogP contribution in [0.5, 0.6) is 0 Å². The molecule has 2 aromatic carbocycles. The summed E-state index contributed by atoms with van der Waals surface area (Å²) in [5.74, 6) is 0. The van der Waals surface area contributed by atoms with Crippen LogP contribution in [0.15, 0.2) is 54.6 Å². The SMILES string of the molecule is COC(c1ccccc1)C(N)c1cccc(C(F)(F)F)c1. The molecule has 0 aliphatic rings. The van der Waals surface area contributed by atoms with Crippen molar-refractivity contribution in [2.75, 3.05) is 7.11 Å². The van der Waals surface area contributed by atoms with Gasteiger partial charge in [-0.3, -0.25) is 0 Å². The molecule has 2 N–H and O–H groups in total. The molecule has 0 radical (unpaired) electrons. The summed E-state index contributed by atoms with van der Waals surface area (Å²) in [6.45, 7) is 0. The van der Waals surface area contributed by atoms with Gasteiger partial charge in [0.2, 0.25) is 0 Å². The van der Waals surface area contributed by atoms with E-state index in [-0.39, 0.29) is 0 Å². The van der Waals surface area contributed by atoms with Gasteiger partial charge >= 0.3 is 6.18 Å². The Morgan fingerprint density at radius 1 is 0.952 bits per heavy atom. The van der Waals surface area contributed by atoms with Crippen LogP contribution < -0.4 is 5.73 Å². The first-order chi connectivity index (χ1) is 9.93. The van der Waals surface area contributed by atoms with Gasteiger partial charge in [-0.25, -0.2) is 0 Å². The van der Waals surface area contributed by atoms with Gasteiger partial charge in [0, 0.05) is 7.11 Å². The second-order valence-electron chi connectivity index (χ2n) is 4.72. The lowest BCUT2D eigenvalue weighted by Crippen LogP contribution is -2.22. The number of hydrogen-bond donors (Lipinski definition) is 1. The van der Waals surface area contributed by atoms with Crippen molar-refractivity contribution in [1.82, 2.24) is 0 Å². The predicted octanol–water partition coefficient (Wildman–Crippen LogP) is 4.09. The molecule has 2 unspecified atom stereocenters. The zero-order valence-corrected chi connectivity index (χ0v) is 11.5. The summed E-state index contributed by atoms with van der Waals surface area (Å²) in [4.78, 5) is 0. The number of benzene rings is 2. The number of alkyl halides is 3. The van der Waals surface area contributed by atoms with Crippen LogP contribution in [0.3, 0.4) is 0 Å². The van der Waals surface area contributed by atoms with E-state index in [0.29, 0.717) is 5.56 Å². The largest absolute Gasteiger partial charge is 0.416 e. The summed E-state index contributed by atoms with van der Waals surface area (Å²) in [7, 11) is 1.49. The Kier molecular flexibility index (Phi) is 4.65. The number of rotatable bonds is 4. The first-order valence-electron chi connectivity index (χ1n) is 6.44.